The fourth-order valence-electron chi connectivity index (χ4n) is 2.98. The van der Waals surface area contributed by atoms with E-state index in [1.807, 2.05) is 6.92 Å². The molecule has 1 saturated heterocycles. The summed E-state index contributed by atoms with van der Waals surface area (Å²) in [7, 11) is -3.63. The van der Waals surface area contributed by atoms with Crippen LogP contribution in [0.5, 0.6) is 0 Å². The molecule has 1 aliphatic heterocycles. The molecule has 1 aromatic carbocycles. The van der Waals surface area contributed by atoms with Crippen LogP contribution in [-0.2, 0) is 14.8 Å². The maximum atomic E-state index is 12.8. The van der Waals surface area contributed by atoms with Crippen LogP contribution in [0.1, 0.15) is 18.7 Å². The summed E-state index contributed by atoms with van der Waals surface area (Å²) in [5, 5.41) is 10.8. The number of aromatic amines is 1. The summed E-state index contributed by atoms with van der Waals surface area (Å²) >= 11 is 7.29. The Labute approximate surface area is 173 Å². The smallest absolute Gasteiger partial charge is 0.243 e. The first-order chi connectivity index (χ1) is 13.4. The molecule has 0 aliphatic carbocycles. The number of piperidine rings is 1. The Hall–Kier alpha value is -1.62. The van der Waals surface area contributed by atoms with Gasteiger partial charge in [0.1, 0.15) is 5.82 Å². The van der Waals surface area contributed by atoms with Gasteiger partial charge in [-0.05, 0) is 44.0 Å². The monoisotopic (exact) mass is 443 g/mol. The van der Waals surface area contributed by atoms with E-state index >= 15 is 0 Å². The van der Waals surface area contributed by atoms with Crippen LogP contribution in [-0.4, -0.2) is 59.2 Å². The fraction of sp³-hybridized carbons (Fsp3) is 0.471. The van der Waals surface area contributed by atoms with Gasteiger partial charge in [0.05, 0.1) is 10.8 Å². The zero-order valence-electron chi connectivity index (χ0n) is 15.4. The third-order valence-corrected chi connectivity index (χ3v) is 7.40. The zero-order valence-corrected chi connectivity index (χ0v) is 17.8. The topological polar surface area (TPSA) is 108 Å². The van der Waals surface area contributed by atoms with Crippen molar-refractivity contribution >= 4 is 39.3 Å². The van der Waals surface area contributed by atoms with E-state index in [4.69, 9.17) is 11.6 Å². The average molecular weight is 444 g/mol. The van der Waals surface area contributed by atoms with Crippen molar-refractivity contribution in [3.05, 3.63) is 35.1 Å². The van der Waals surface area contributed by atoms with Crippen LogP contribution in [0, 0.1) is 12.8 Å². The number of carbonyl (C=O) groups is 1. The molecule has 0 radical (unpaired) electrons. The second-order valence-corrected chi connectivity index (χ2v) is 9.94. The molecule has 0 spiro atoms. The van der Waals surface area contributed by atoms with E-state index in [0.717, 1.165) is 5.82 Å². The minimum Gasteiger partial charge on any atom is -0.355 e. The third kappa shape index (κ3) is 5.25. The van der Waals surface area contributed by atoms with Gasteiger partial charge in [0.25, 0.3) is 0 Å². The summed E-state index contributed by atoms with van der Waals surface area (Å²) in [6.07, 6.45) is 1.32. The fourth-order valence-corrected chi connectivity index (χ4v) is 5.33. The SMILES string of the molecule is Cc1nc(SCCNC(=O)[C@H]2CCCN(S(=O)(=O)c3ccc(Cl)cc3)C2)n[nH]1. The standard InChI is InChI=1S/C17H22ClN5O3S2/c1-12-20-17(22-21-12)27-10-8-19-16(24)13-3-2-9-23(11-13)28(25,26)15-6-4-14(18)5-7-15/h4-7,13H,2-3,8-11H2,1H3,(H,19,24)(H,20,21,22)/t13-/m0/s1. The van der Waals surface area contributed by atoms with E-state index in [2.05, 4.69) is 20.5 Å². The number of rotatable bonds is 7. The van der Waals surface area contributed by atoms with Crippen molar-refractivity contribution in [1.29, 1.82) is 0 Å². The zero-order chi connectivity index (χ0) is 20.1. The molecule has 1 amide bonds. The minimum absolute atomic E-state index is 0.122. The first-order valence-electron chi connectivity index (χ1n) is 8.91. The third-order valence-electron chi connectivity index (χ3n) is 4.42. The first kappa shape index (κ1) is 21.1. The number of thioether (sulfide) groups is 1. The van der Waals surface area contributed by atoms with Crippen LogP contribution >= 0.6 is 23.4 Å². The van der Waals surface area contributed by atoms with Crippen molar-refractivity contribution in [2.24, 2.45) is 5.92 Å². The number of hydrogen-bond donors (Lipinski definition) is 2. The molecule has 8 nitrogen and oxygen atoms in total. The van der Waals surface area contributed by atoms with Gasteiger partial charge in [-0.15, -0.1) is 5.10 Å². The van der Waals surface area contributed by atoms with E-state index in [0.29, 0.717) is 41.9 Å². The van der Waals surface area contributed by atoms with Crippen LogP contribution in [0.4, 0.5) is 0 Å². The summed E-state index contributed by atoms with van der Waals surface area (Å²) in [5.74, 6) is 0.910. The van der Waals surface area contributed by atoms with E-state index in [-0.39, 0.29) is 23.3 Å². The Kier molecular flexibility index (Phi) is 6.97. The van der Waals surface area contributed by atoms with Crippen molar-refractivity contribution < 1.29 is 13.2 Å². The lowest BCUT2D eigenvalue weighted by atomic mass is 9.99. The number of aryl methyl sites for hydroxylation is 1. The molecular weight excluding hydrogens is 422 g/mol. The summed E-state index contributed by atoms with van der Waals surface area (Å²) in [6.45, 7) is 2.89. The predicted octanol–water partition coefficient (Wildman–Crippen LogP) is 2.08. The van der Waals surface area contributed by atoms with E-state index < -0.39 is 10.0 Å². The molecule has 1 atom stereocenters. The lowest BCUT2D eigenvalue weighted by molar-refractivity contribution is -0.125. The summed E-state index contributed by atoms with van der Waals surface area (Å²) < 4.78 is 27.0. The summed E-state index contributed by atoms with van der Waals surface area (Å²) in [5.41, 5.74) is 0. The number of benzene rings is 1. The molecule has 2 N–H and O–H groups in total. The van der Waals surface area contributed by atoms with Gasteiger partial charge in [-0.2, -0.15) is 4.31 Å². The molecule has 0 saturated carbocycles. The van der Waals surface area contributed by atoms with Crippen LogP contribution in [0.3, 0.4) is 0 Å². The Bertz CT molecular complexity index is 917. The second-order valence-electron chi connectivity index (χ2n) is 6.50. The number of hydrogen-bond acceptors (Lipinski definition) is 6. The van der Waals surface area contributed by atoms with Crippen LogP contribution < -0.4 is 5.32 Å². The van der Waals surface area contributed by atoms with Crippen molar-refractivity contribution in [3.8, 4) is 0 Å². The maximum Gasteiger partial charge on any atom is 0.243 e. The molecule has 1 fully saturated rings. The lowest BCUT2D eigenvalue weighted by Crippen LogP contribution is -2.45. The van der Waals surface area contributed by atoms with Gasteiger partial charge in [0.15, 0.2) is 0 Å². The molecule has 0 unspecified atom stereocenters. The number of carbonyl (C=O) groups excluding carboxylic acids is 1. The van der Waals surface area contributed by atoms with Crippen LogP contribution in [0.15, 0.2) is 34.3 Å². The minimum atomic E-state index is -3.63. The molecule has 3 rings (SSSR count). The highest BCUT2D eigenvalue weighted by atomic mass is 35.5. The van der Waals surface area contributed by atoms with Crippen molar-refractivity contribution in [1.82, 2.24) is 24.8 Å². The molecule has 0 bridgehead atoms. The van der Waals surface area contributed by atoms with Crippen molar-refractivity contribution in [3.63, 3.8) is 0 Å². The highest BCUT2D eigenvalue weighted by Crippen LogP contribution is 2.25. The van der Waals surface area contributed by atoms with Gasteiger partial charge in [-0.25, -0.2) is 13.4 Å². The summed E-state index contributed by atoms with van der Waals surface area (Å²) in [6, 6.07) is 6.08. The number of amides is 1. The maximum absolute atomic E-state index is 12.8. The molecule has 2 aromatic rings. The van der Waals surface area contributed by atoms with E-state index in [1.54, 1.807) is 12.1 Å². The van der Waals surface area contributed by atoms with Gasteiger partial charge in [-0.3, -0.25) is 9.89 Å². The number of sulfonamides is 1. The van der Waals surface area contributed by atoms with Gasteiger partial charge in [0.2, 0.25) is 21.1 Å². The van der Waals surface area contributed by atoms with Crippen molar-refractivity contribution in [2.75, 3.05) is 25.4 Å². The molecule has 28 heavy (non-hydrogen) atoms. The lowest BCUT2D eigenvalue weighted by Gasteiger charge is -2.31. The normalized spacial score (nSPS) is 18.1. The van der Waals surface area contributed by atoms with Crippen LogP contribution in [0.25, 0.3) is 0 Å². The average Bonchev–Trinajstić information content (AvgIpc) is 3.10. The largest absolute Gasteiger partial charge is 0.355 e. The highest BCUT2D eigenvalue weighted by Gasteiger charge is 2.33. The number of nitrogens with zero attached hydrogens (tertiary/aromatic N) is 3. The summed E-state index contributed by atoms with van der Waals surface area (Å²) in [4.78, 5) is 16.9. The van der Waals surface area contributed by atoms with Crippen molar-refractivity contribution in [2.45, 2.75) is 29.8 Å². The predicted molar refractivity (Wildman–Crippen MR) is 108 cm³/mol. The molecule has 1 aromatic heterocycles. The Morgan fingerprint density at radius 1 is 1.39 bits per heavy atom. The molecule has 152 valence electrons. The first-order valence-corrected chi connectivity index (χ1v) is 11.7. The Morgan fingerprint density at radius 2 is 2.14 bits per heavy atom. The number of aromatic nitrogens is 3. The molecular formula is C17H22ClN5O3S2. The molecule has 1 aliphatic rings. The Morgan fingerprint density at radius 3 is 2.82 bits per heavy atom. The van der Waals surface area contributed by atoms with E-state index in [1.165, 1.54) is 28.2 Å². The molecule has 11 heteroatoms. The van der Waals surface area contributed by atoms with Gasteiger partial charge >= 0.3 is 0 Å². The van der Waals surface area contributed by atoms with Gasteiger partial charge < -0.3 is 5.32 Å². The van der Waals surface area contributed by atoms with E-state index in [9.17, 15) is 13.2 Å². The Balaban J connectivity index is 1.52. The van der Waals surface area contributed by atoms with Gasteiger partial charge in [-0.1, -0.05) is 23.4 Å². The number of nitrogens with one attached hydrogen (secondary N) is 2. The number of H-pyrrole nitrogens is 1. The molecule has 2 heterocycles. The van der Waals surface area contributed by atoms with Gasteiger partial charge in [0, 0.05) is 30.4 Å². The second kappa shape index (κ2) is 9.25. The number of halogens is 1. The quantitative estimate of drug-likeness (QED) is 0.501. The highest BCUT2D eigenvalue weighted by molar-refractivity contribution is 7.99. The van der Waals surface area contributed by atoms with Crippen LogP contribution in [0.2, 0.25) is 5.02 Å².